The van der Waals surface area contributed by atoms with Gasteiger partial charge in [0, 0.05) is 44.3 Å². The Morgan fingerprint density at radius 1 is 1.28 bits per heavy atom. The minimum Gasteiger partial charge on any atom is -0.483 e. The second kappa shape index (κ2) is 12.3. The summed E-state index contributed by atoms with van der Waals surface area (Å²) in [5.41, 5.74) is 0.685. The van der Waals surface area contributed by atoms with Crippen molar-refractivity contribution in [3.05, 3.63) is 23.8 Å². The van der Waals surface area contributed by atoms with E-state index < -0.39 is 6.09 Å². The number of para-hydroxylation sites is 1. The monoisotopic (exact) mass is 468 g/mol. The number of hydrogen-bond acceptors (Lipinski definition) is 8. The van der Waals surface area contributed by atoms with Crippen LogP contribution in [-0.2, 0) is 20.7 Å². The average Bonchev–Trinajstić information content (AvgIpc) is 3.06. The summed E-state index contributed by atoms with van der Waals surface area (Å²) >= 11 is 1.15. The van der Waals surface area contributed by atoms with Gasteiger partial charge in [-0.05, 0) is 40.2 Å². The number of rotatable bonds is 12. The fraction of sp³-hybridized carbons (Fsp3) is 0.652. The van der Waals surface area contributed by atoms with Crippen molar-refractivity contribution >= 4 is 24.2 Å². The van der Waals surface area contributed by atoms with Gasteiger partial charge < -0.3 is 18.9 Å². The van der Waals surface area contributed by atoms with Crippen LogP contribution in [0.4, 0.5) is 4.79 Å². The van der Waals surface area contributed by atoms with E-state index in [1.54, 1.807) is 20.0 Å². The van der Waals surface area contributed by atoms with E-state index in [1.165, 1.54) is 4.31 Å². The molecular weight excluding hydrogens is 432 g/mol. The largest absolute Gasteiger partial charge is 0.483 e. The maximum absolute atomic E-state index is 12.8. The van der Waals surface area contributed by atoms with Crippen LogP contribution in [0.5, 0.6) is 11.5 Å². The van der Waals surface area contributed by atoms with Crippen LogP contribution < -0.4 is 9.47 Å². The molecular formula is C23H36N2O6S. The number of fused-ring (bicyclic) bond motifs is 1. The highest BCUT2D eigenvalue weighted by Gasteiger charge is 2.33. The van der Waals surface area contributed by atoms with Crippen LogP contribution in [0.3, 0.4) is 0 Å². The summed E-state index contributed by atoms with van der Waals surface area (Å²) in [6, 6.07) is 5.56. The van der Waals surface area contributed by atoms with Gasteiger partial charge in [-0.3, -0.25) is 4.79 Å². The summed E-state index contributed by atoms with van der Waals surface area (Å²) in [6.07, 6.45) is 2.07. The van der Waals surface area contributed by atoms with Crippen molar-refractivity contribution in [3.63, 3.8) is 0 Å². The molecule has 1 amide bonds. The first-order valence-corrected chi connectivity index (χ1v) is 11.9. The number of unbranched alkanes of at least 4 members (excludes halogenated alkanes) is 1. The van der Waals surface area contributed by atoms with Gasteiger partial charge in [0.05, 0.1) is 13.0 Å². The molecule has 8 nitrogen and oxygen atoms in total. The van der Waals surface area contributed by atoms with Crippen LogP contribution in [0.1, 0.15) is 59.4 Å². The maximum Gasteiger partial charge on any atom is 0.426 e. The van der Waals surface area contributed by atoms with Gasteiger partial charge in [0.15, 0.2) is 11.5 Å². The highest BCUT2D eigenvalue weighted by Crippen LogP contribution is 2.42. The molecule has 1 aliphatic rings. The lowest BCUT2D eigenvalue weighted by Gasteiger charge is -2.30. The molecule has 0 aromatic heterocycles. The van der Waals surface area contributed by atoms with E-state index in [-0.39, 0.29) is 24.2 Å². The Labute approximate surface area is 195 Å². The maximum atomic E-state index is 12.8. The first kappa shape index (κ1) is 26.3. The van der Waals surface area contributed by atoms with Gasteiger partial charge in [-0.1, -0.05) is 25.5 Å². The molecule has 9 heteroatoms. The Morgan fingerprint density at radius 3 is 2.72 bits per heavy atom. The van der Waals surface area contributed by atoms with Crippen molar-refractivity contribution in [2.75, 3.05) is 26.8 Å². The topological polar surface area (TPSA) is 77.5 Å². The van der Waals surface area contributed by atoms with E-state index in [9.17, 15) is 9.59 Å². The molecule has 0 radical (unpaired) electrons. The van der Waals surface area contributed by atoms with Gasteiger partial charge in [-0.25, -0.2) is 13.4 Å². The van der Waals surface area contributed by atoms with Crippen LogP contribution in [0.25, 0.3) is 0 Å². The Hall–Kier alpha value is -1.97. The molecule has 2 rings (SSSR count). The van der Waals surface area contributed by atoms with Crippen molar-refractivity contribution in [1.82, 2.24) is 8.61 Å². The molecule has 0 spiro atoms. The quantitative estimate of drug-likeness (QED) is 0.187. The number of carbonyl (C=O) groups excluding carboxylic acids is 2. The van der Waals surface area contributed by atoms with Crippen LogP contribution in [0, 0.1) is 0 Å². The fourth-order valence-electron chi connectivity index (χ4n) is 3.22. The van der Waals surface area contributed by atoms with Crippen molar-refractivity contribution in [2.45, 2.75) is 72.1 Å². The zero-order chi connectivity index (χ0) is 23.7. The molecule has 1 aromatic rings. The fourth-order valence-corrected chi connectivity index (χ4v) is 4.01. The van der Waals surface area contributed by atoms with E-state index >= 15 is 0 Å². The molecule has 0 saturated heterocycles. The highest BCUT2D eigenvalue weighted by atomic mass is 32.2. The number of benzene rings is 1. The van der Waals surface area contributed by atoms with Crippen molar-refractivity contribution < 1.29 is 28.5 Å². The first-order valence-electron chi connectivity index (χ1n) is 11.1. The molecule has 1 unspecified atom stereocenters. The third-order valence-electron chi connectivity index (χ3n) is 4.84. The Bertz CT molecular complexity index is 773. The molecule has 0 fully saturated rings. The van der Waals surface area contributed by atoms with E-state index in [0.717, 1.165) is 37.0 Å². The van der Waals surface area contributed by atoms with Crippen LogP contribution in [0.15, 0.2) is 18.2 Å². The van der Waals surface area contributed by atoms with Gasteiger partial charge in [-0.2, -0.15) is 0 Å². The summed E-state index contributed by atoms with van der Waals surface area (Å²) < 4.78 is 25.7. The first-order chi connectivity index (χ1) is 15.2. The smallest absolute Gasteiger partial charge is 0.426 e. The molecule has 32 heavy (non-hydrogen) atoms. The van der Waals surface area contributed by atoms with Crippen molar-refractivity contribution in [1.29, 1.82) is 0 Å². The molecule has 0 N–H and O–H groups in total. The second-order valence-electron chi connectivity index (χ2n) is 8.25. The standard InChI is InChI=1S/C23H36N2O6S/c1-7-9-15-29-17(3)25(14-13-20(26)28-8-2)32-24(6)22(27)30-19-12-10-11-18-16-23(4,5)31-21(18)19/h10-12,17H,7-9,13-16H2,1-6H3. The summed E-state index contributed by atoms with van der Waals surface area (Å²) in [7, 11) is 1.62. The zero-order valence-electron chi connectivity index (χ0n) is 20.0. The normalized spacial score (nSPS) is 15.1. The molecule has 1 aromatic carbocycles. The van der Waals surface area contributed by atoms with Crippen molar-refractivity contribution in [3.8, 4) is 11.5 Å². The summed E-state index contributed by atoms with van der Waals surface area (Å²) in [5, 5.41) is 0. The Balaban J connectivity index is 2.01. The third-order valence-corrected chi connectivity index (χ3v) is 5.92. The molecule has 0 saturated carbocycles. The molecule has 0 aliphatic carbocycles. The Morgan fingerprint density at radius 2 is 2.03 bits per heavy atom. The molecule has 1 atom stereocenters. The van der Waals surface area contributed by atoms with Crippen LogP contribution >= 0.6 is 12.1 Å². The third kappa shape index (κ3) is 7.86. The number of amides is 1. The number of esters is 1. The zero-order valence-corrected chi connectivity index (χ0v) is 20.8. The van der Waals surface area contributed by atoms with E-state index in [4.69, 9.17) is 18.9 Å². The molecule has 180 valence electrons. The van der Waals surface area contributed by atoms with Crippen molar-refractivity contribution in [2.24, 2.45) is 0 Å². The predicted octanol–water partition coefficient (Wildman–Crippen LogP) is 4.81. The second-order valence-corrected chi connectivity index (χ2v) is 9.43. The molecule has 0 bridgehead atoms. The number of hydrogen-bond donors (Lipinski definition) is 0. The number of carbonyl (C=O) groups is 2. The SMILES string of the molecule is CCCCOC(C)N(CCC(=O)OCC)SN(C)C(=O)Oc1cccc2c1OC(C)(C)C2. The van der Waals surface area contributed by atoms with Gasteiger partial charge >= 0.3 is 12.1 Å². The van der Waals surface area contributed by atoms with Gasteiger partial charge in [0.2, 0.25) is 0 Å². The highest BCUT2D eigenvalue weighted by molar-refractivity contribution is 7.95. The minimum absolute atomic E-state index is 0.195. The molecule has 1 aliphatic heterocycles. The summed E-state index contributed by atoms with van der Waals surface area (Å²) in [5.74, 6) is 0.722. The lowest BCUT2D eigenvalue weighted by molar-refractivity contribution is -0.143. The summed E-state index contributed by atoms with van der Waals surface area (Å²) in [4.78, 5) is 24.6. The predicted molar refractivity (Wildman–Crippen MR) is 125 cm³/mol. The Kier molecular flexibility index (Phi) is 10.1. The van der Waals surface area contributed by atoms with E-state index in [0.29, 0.717) is 31.3 Å². The average molecular weight is 469 g/mol. The van der Waals surface area contributed by atoms with Crippen LogP contribution in [0.2, 0.25) is 0 Å². The van der Waals surface area contributed by atoms with E-state index in [2.05, 4.69) is 6.92 Å². The lowest BCUT2D eigenvalue weighted by atomic mass is 10.0. The van der Waals surface area contributed by atoms with Gasteiger partial charge in [0.1, 0.15) is 11.8 Å². The number of ether oxygens (including phenoxy) is 4. The van der Waals surface area contributed by atoms with E-state index in [1.807, 2.05) is 37.2 Å². The number of nitrogens with zero attached hydrogens (tertiary/aromatic N) is 2. The molecule has 1 heterocycles. The van der Waals surface area contributed by atoms with Crippen LogP contribution in [-0.4, -0.2) is 59.3 Å². The van der Waals surface area contributed by atoms with Gasteiger partial charge in [0.25, 0.3) is 0 Å². The lowest BCUT2D eigenvalue weighted by Crippen LogP contribution is -2.37. The minimum atomic E-state index is -0.543. The summed E-state index contributed by atoms with van der Waals surface area (Å²) in [6.45, 7) is 11.1. The van der Waals surface area contributed by atoms with Gasteiger partial charge in [-0.15, -0.1) is 0 Å².